The topological polar surface area (TPSA) is 55.2 Å². The van der Waals surface area contributed by atoms with Crippen molar-refractivity contribution in [2.75, 3.05) is 11.9 Å². The van der Waals surface area contributed by atoms with Gasteiger partial charge in [-0.2, -0.15) is 0 Å². The molecule has 94 valence electrons. The van der Waals surface area contributed by atoms with Crippen molar-refractivity contribution in [1.29, 1.82) is 0 Å². The average molecular weight is 257 g/mol. The SMILES string of the molecule is Cc1cc([N+](=O)[O-])c(Cl)cc1NCCC(C)C. The fourth-order valence-corrected chi connectivity index (χ4v) is 1.72. The van der Waals surface area contributed by atoms with Crippen LogP contribution in [0.4, 0.5) is 11.4 Å². The third kappa shape index (κ3) is 3.89. The standard InChI is InChI=1S/C12H17ClN2O2/c1-8(2)4-5-14-11-7-10(13)12(15(16)17)6-9(11)3/h6-8,14H,4-5H2,1-3H3. The summed E-state index contributed by atoms with van der Waals surface area (Å²) in [6.07, 6.45) is 1.05. The first-order valence-corrected chi connectivity index (χ1v) is 5.98. The fraction of sp³-hybridized carbons (Fsp3) is 0.500. The van der Waals surface area contributed by atoms with Crippen molar-refractivity contribution >= 4 is 23.0 Å². The van der Waals surface area contributed by atoms with Gasteiger partial charge in [-0.15, -0.1) is 0 Å². The molecule has 0 spiro atoms. The second-order valence-corrected chi connectivity index (χ2v) is 4.89. The van der Waals surface area contributed by atoms with Gasteiger partial charge in [-0.05, 0) is 30.9 Å². The molecule has 5 heteroatoms. The van der Waals surface area contributed by atoms with Gasteiger partial charge in [-0.1, -0.05) is 25.4 Å². The Kier molecular flexibility index (Phi) is 4.75. The molecule has 0 heterocycles. The number of rotatable bonds is 5. The Hall–Kier alpha value is -1.29. The van der Waals surface area contributed by atoms with E-state index < -0.39 is 4.92 Å². The molecule has 0 amide bonds. The molecule has 0 saturated carbocycles. The summed E-state index contributed by atoms with van der Waals surface area (Å²) >= 11 is 5.86. The van der Waals surface area contributed by atoms with Crippen molar-refractivity contribution in [3.8, 4) is 0 Å². The van der Waals surface area contributed by atoms with Crippen LogP contribution in [-0.4, -0.2) is 11.5 Å². The predicted molar refractivity (Wildman–Crippen MR) is 70.8 cm³/mol. The van der Waals surface area contributed by atoms with E-state index >= 15 is 0 Å². The molecule has 0 bridgehead atoms. The molecule has 0 unspecified atom stereocenters. The van der Waals surface area contributed by atoms with Crippen LogP contribution in [0.15, 0.2) is 12.1 Å². The molecule has 1 N–H and O–H groups in total. The first-order valence-electron chi connectivity index (χ1n) is 5.60. The Morgan fingerprint density at radius 3 is 2.65 bits per heavy atom. The monoisotopic (exact) mass is 256 g/mol. The van der Waals surface area contributed by atoms with Gasteiger partial charge in [-0.3, -0.25) is 10.1 Å². The number of halogens is 1. The zero-order chi connectivity index (χ0) is 13.0. The number of hydrogen-bond acceptors (Lipinski definition) is 3. The zero-order valence-corrected chi connectivity index (χ0v) is 11.0. The average Bonchev–Trinajstić information content (AvgIpc) is 2.21. The minimum atomic E-state index is -0.465. The van der Waals surface area contributed by atoms with Crippen LogP contribution in [0.25, 0.3) is 0 Å². The predicted octanol–water partition coefficient (Wildman–Crippen LogP) is 4.01. The molecule has 0 aliphatic heterocycles. The van der Waals surface area contributed by atoms with Gasteiger partial charge in [0.1, 0.15) is 5.02 Å². The largest absolute Gasteiger partial charge is 0.385 e. The molecule has 0 fully saturated rings. The van der Waals surface area contributed by atoms with Gasteiger partial charge in [0.15, 0.2) is 0 Å². The molecule has 1 aromatic rings. The molecule has 0 aliphatic carbocycles. The quantitative estimate of drug-likeness (QED) is 0.640. The third-order valence-electron chi connectivity index (χ3n) is 2.53. The van der Waals surface area contributed by atoms with Crippen LogP contribution in [0, 0.1) is 23.0 Å². The van der Waals surface area contributed by atoms with E-state index in [9.17, 15) is 10.1 Å². The van der Waals surface area contributed by atoms with Crippen LogP contribution in [0.5, 0.6) is 0 Å². The second-order valence-electron chi connectivity index (χ2n) is 4.48. The minimum absolute atomic E-state index is 0.0430. The van der Waals surface area contributed by atoms with E-state index in [2.05, 4.69) is 19.2 Å². The Bertz CT molecular complexity index is 419. The van der Waals surface area contributed by atoms with Crippen LogP contribution >= 0.6 is 11.6 Å². The number of nitrogens with zero attached hydrogens (tertiary/aromatic N) is 1. The highest BCUT2D eigenvalue weighted by Crippen LogP contribution is 2.30. The van der Waals surface area contributed by atoms with Gasteiger partial charge in [0.05, 0.1) is 4.92 Å². The first kappa shape index (κ1) is 13.8. The smallest absolute Gasteiger partial charge is 0.288 e. The highest BCUT2D eigenvalue weighted by Gasteiger charge is 2.14. The fourth-order valence-electron chi connectivity index (χ4n) is 1.49. The molecule has 0 atom stereocenters. The van der Waals surface area contributed by atoms with Crippen LogP contribution in [0.3, 0.4) is 0 Å². The first-order chi connectivity index (χ1) is 7.91. The molecule has 0 aliphatic rings. The Labute approximate surface area is 106 Å². The van der Waals surface area contributed by atoms with Crippen molar-refractivity contribution in [2.45, 2.75) is 27.2 Å². The normalized spacial score (nSPS) is 10.6. The van der Waals surface area contributed by atoms with Crippen LogP contribution in [0.2, 0.25) is 5.02 Å². The molecule has 17 heavy (non-hydrogen) atoms. The van der Waals surface area contributed by atoms with E-state index in [1.165, 1.54) is 6.07 Å². The Morgan fingerprint density at radius 1 is 1.47 bits per heavy atom. The molecule has 1 aromatic carbocycles. The van der Waals surface area contributed by atoms with E-state index in [0.717, 1.165) is 24.2 Å². The van der Waals surface area contributed by atoms with Crippen molar-refractivity contribution < 1.29 is 4.92 Å². The summed E-state index contributed by atoms with van der Waals surface area (Å²) in [4.78, 5) is 10.2. The van der Waals surface area contributed by atoms with Gasteiger partial charge >= 0.3 is 0 Å². The lowest BCUT2D eigenvalue weighted by Crippen LogP contribution is -2.06. The van der Waals surface area contributed by atoms with Gasteiger partial charge in [-0.25, -0.2) is 0 Å². The highest BCUT2D eigenvalue weighted by atomic mass is 35.5. The van der Waals surface area contributed by atoms with Gasteiger partial charge < -0.3 is 5.32 Å². The van der Waals surface area contributed by atoms with Crippen molar-refractivity contribution in [2.24, 2.45) is 5.92 Å². The van der Waals surface area contributed by atoms with E-state index in [4.69, 9.17) is 11.6 Å². The van der Waals surface area contributed by atoms with E-state index in [-0.39, 0.29) is 10.7 Å². The summed E-state index contributed by atoms with van der Waals surface area (Å²) in [6.45, 7) is 6.97. The van der Waals surface area contributed by atoms with Gasteiger partial charge in [0.2, 0.25) is 0 Å². The number of nitro groups is 1. The number of benzene rings is 1. The van der Waals surface area contributed by atoms with Crippen molar-refractivity contribution in [3.63, 3.8) is 0 Å². The van der Waals surface area contributed by atoms with E-state index in [0.29, 0.717) is 5.92 Å². The summed E-state index contributed by atoms with van der Waals surface area (Å²) in [5.74, 6) is 0.622. The maximum absolute atomic E-state index is 10.7. The molecular formula is C12H17ClN2O2. The number of anilines is 1. The lowest BCUT2D eigenvalue weighted by atomic mass is 10.1. The highest BCUT2D eigenvalue weighted by molar-refractivity contribution is 6.33. The minimum Gasteiger partial charge on any atom is -0.385 e. The second kappa shape index (κ2) is 5.87. The summed E-state index contributed by atoms with van der Waals surface area (Å²) < 4.78 is 0. The lowest BCUT2D eigenvalue weighted by molar-refractivity contribution is -0.384. The van der Waals surface area contributed by atoms with Crippen LogP contribution in [-0.2, 0) is 0 Å². The van der Waals surface area contributed by atoms with Crippen molar-refractivity contribution in [3.05, 3.63) is 32.8 Å². The maximum Gasteiger partial charge on any atom is 0.288 e. The number of hydrogen-bond donors (Lipinski definition) is 1. The summed E-state index contributed by atoms with van der Waals surface area (Å²) in [7, 11) is 0. The van der Waals surface area contributed by atoms with Crippen LogP contribution in [0.1, 0.15) is 25.8 Å². The molecule has 0 radical (unpaired) electrons. The third-order valence-corrected chi connectivity index (χ3v) is 2.83. The Balaban J connectivity index is 2.81. The maximum atomic E-state index is 10.7. The Morgan fingerprint density at radius 2 is 2.12 bits per heavy atom. The molecule has 0 aromatic heterocycles. The van der Waals surface area contributed by atoms with Gasteiger partial charge in [0, 0.05) is 18.3 Å². The molecule has 1 rings (SSSR count). The number of nitrogens with one attached hydrogen (secondary N) is 1. The number of aryl methyl sites for hydroxylation is 1. The molecule has 4 nitrogen and oxygen atoms in total. The van der Waals surface area contributed by atoms with E-state index in [1.54, 1.807) is 6.07 Å². The summed E-state index contributed by atoms with van der Waals surface area (Å²) in [6, 6.07) is 3.12. The number of nitro benzene ring substituents is 1. The van der Waals surface area contributed by atoms with E-state index in [1.807, 2.05) is 6.92 Å². The zero-order valence-electron chi connectivity index (χ0n) is 10.3. The van der Waals surface area contributed by atoms with Crippen molar-refractivity contribution in [1.82, 2.24) is 0 Å². The van der Waals surface area contributed by atoms with Gasteiger partial charge in [0.25, 0.3) is 5.69 Å². The molecule has 0 saturated heterocycles. The lowest BCUT2D eigenvalue weighted by Gasteiger charge is -2.11. The molecular weight excluding hydrogens is 240 g/mol. The van der Waals surface area contributed by atoms with Crippen LogP contribution < -0.4 is 5.32 Å². The summed E-state index contributed by atoms with van der Waals surface area (Å²) in [5, 5.41) is 14.1. The summed E-state index contributed by atoms with van der Waals surface area (Å²) in [5.41, 5.74) is 1.66.